The van der Waals surface area contributed by atoms with Crippen molar-refractivity contribution in [3.05, 3.63) is 35.4 Å². The predicted molar refractivity (Wildman–Crippen MR) is 69.9 cm³/mol. The first-order chi connectivity index (χ1) is 9.95. The second-order valence-electron chi connectivity index (χ2n) is 4.91. The fourth-order valence-electron chi connectivity index (χ4n) is 2.30. The Kier molecular flexibility index (Phi) is 4.87. The number of carbonyl (C=O) groups is 1. The minimum absolute atomic E-state index is 0.0974. The van der Waals surface area contributed by atoms with Gasteiger partial charge < -0.3 is 19.5 Å². The number of carbonyl (C=O) groups excluding carboxylic acids is 1. The number of amides is 1. The summed E-state index contributed by atoms with van der Waals surface area (Å²) in [5, 5.41) is 10.2. The van der Waals surface area contributed by atoms with Crippen LogP contribution in [-0.2, 0) is 9.47 Å². The molecule has 0 unspecified atom stereocenters. The van der Waals surface area contributed by atoms with Crippen LogP contribution in [0.25, 0.3) is 0 Å². The highest BCUT2D eigenvalue weighted by Gasteiger charge is 2.37. The number of halogens is 2. The molecule has 1 aliphatic heterocycles. The molecule has 0 radical (unpaired) electrons. The molecule has 1 amide bonds. The van der Waals surface area contributed by atoms with Gasteiger partial charge in [0.25, 0.3) is 5.91 Å². The van der Waals surface area contributed by atoms with Gasteiger partial charge in [0.2, 0.25) is 0 Å². The number of likely N-dealkylation sites (N-methyl/N-ethyl adjacent to an activating group) is 1. The molecule has 5 nitrogen and oxygen atoms in total. The number of rotatable bonds is 3. The zero-order valence-electron chi connectivity index (χ0n) is 11.8. The van der Waals surface area contributed by atoms with Gasteiger partial charge >= 0.3 is 0 Å². The monoisotopic (exact) mass is 301 g/mol. The molecule has 1 N–H and O–H groups in total. The van der Waals surface area contributed by atoms with E-state index in [0.717, 1.165) is 23.1 Å². The van der Waals surface area contributed by atoms with E-state index in [0.29, 0.717) is 0 Å². The summed E-state index contributed by atoms with van der Waals surface area (Å²) in [7, 11) is 2.83. The zero-order valence-corrected chi connectivity index (χ0v) is 11.8. The van der Waals surface area contributed by atoms with E-state index in [1.807, 2.05) is 0 Å². The summed E-state index contributed by atoms with van der Waals surface area (Å²) < 4.78 is 37.2. The van der Waals surface area contributed by atoms with Crippen LogP contribution in [0.3, 0.4) is 0 Å². The highest BCUT2D eigenvalue weighted by atomic mass is 19.1. The fraction of sp³-hybridized carbons (Fsp3) is 0.500. The largest absolute Gasteiger partial charge is 0.388 e. The van der Waals surface area contributed by atoms with Gasteiger partial charge in [-0.2, -0.15) is 0 Å². The first-order valence-corrected chi connectivity index (χ1v) is 6.46. The Balaban J connectivity index is 2.20. The van der Waals surface area contributed by atoms with Gasteiger partial charge in [0.05, 0.1) is 24.8 Å². The van der Waals surface area contributed by atoms with Gasteiger partial charge in [-0.15, -0.1) is 0 Å². The van der Waals surface area contributed by atoms with Gasteiger partial charge in [0, 0.05) is 14.2 Å². The smallest absolute Gasteiger partial charge is 0.257 e. The van der Waals surface area contributed by atoms with Gasteiger partial charge in [-0.25, -0.2) is 8.78 Å². The quantitative estimate of drug-likeness (QED) is 0.897. The van der Waals surface area contributed by atoms with Gasteiger partial charge in [-0.3, -0.25) is 4.79 Å². The number of hydrogen-bond donors (Lipinski definition) is 1. The van der Waals surface area contributed by atoms with Crippen molar-refractivity contribution in [2.75, 3.05) is 27.4 Å². The van der Waals surface area contributed by atoms with Crippen LogP contribution in [0, 0.1) is 11.6 Å². The molecule has 116 valence electrons. The van der Waals surface area contributed by atoms with E-state index >= 15 is 0 Å². The number of aliphatic hydroxyl groups is 1. The molecule has 2 rings (SSSR count). The zero-order chi connectivity index (χ0) is 15.6. The Labute approximate surface area is 121 Å². The highest BCUT2D eigenvalue weighted by Crippen LogP contribution is 2.19. The molecule has 0 aromatic heterocycles. The third-order valence-electron chi connectivity index (χ3n) is 3.63. The molecular formula is C14H17F2NO4. The van der Waals surface area contributed by atoms with E-state index in [1.165, 1.54) is 14.2 Å². The van der Waals surface area contributed by atoms with E-state index < -0.39 is 35.8 Å². The van der Waals surface area contributed by atoms with Gasteiger partial charge in [-0.1, -0.05) is 0 Å². The summed E-state index contributed by atoms with van der Waals surface area (Å²) in [6.07, 6.45) is -1.54. The maximum Gasteiger partial charge on any atom is 0.257 e. The van der Waals surface area contributed by atoms with Crippen molar-refractivity contribution in [2.24, 2.45) is 0 Å². The molecule has 3 atom stereocenters. The van der Waals surface area contributed by atoms with E-state index in [9.17, 15) is 18.7 Å². The molecule has 1 saturated heterocycles. The van der Waals surface area contributed by atoms with Gasteiger partial charge in [0.15, 0.2) is 0 Å². The number of nitrogens with zero attached hydrogens (tertiary/aromatic N) is 1. The van der Waals surface area contributed by atoms with Crippen LogP contribution in [0.15, 0.2) is 18.2 Å². The fourth-order valence-corrected chi connectivity index (χ4v) is 2.30. The molecule has 1 aromatic rings. The molecule has 0 spiro atoms. The molecule has 0 bridgehead atoms. The maximum atomic E-state index is 13.7. The normalized spacial score (nSPS) is 25.7. The minimum atomic E-state index is -0.964. The van der Waals surface area contributed by atoms with Crippen molar-refractivity contribution >= 4 is 5.91 Å². The number of hydrogen-bond acceptors (Lipinski definition) is 4. The molecule has 0 aliphatic carbocycles. The number of ether oxygens (including phenoxy) is 2. The standard InChI is InChI=1S/C14H17F2NO4/c1-17(11-6-21-7-12(20-2)13(11)18)14(19)9-5-8(15)3-4-10(9)16/h3-5,11-13,18H,6-7H2,1-2H3/t11-,12-,13+/m1/s1. The Bertz CT molecular complexity index is 526. The number of methoxy groups -OCH3 is 1. The predicted octanol–water partition coefficient (Wildman–Crippen LogP) is 0.812. The molecular weight excluding hydrogens is 284 g/mol. The number of benzene rings is 1. The molecule has 0 saturated carbocycles. The summed E-state index contributed by atoms with van der Waals surface area (Å²) in [5.74, 6) is -2.25. The van der Waals surface area contributed by atoms with Crippen LogP contribution in [-0.4, -0.2) is 61.5 Å². The van der Waals surface area contributed by atoms with Crippen LogP contribution in [0.4, 0.5) is 8.78 Å². The van der Waals surface area contributed by atoms with Crippen LogP contribution >= 0.6 is 0 Å². The summed E-state index contributed by atoms with van der Waals surface area (Å²) in [6.45, 7) is 0.310. The van der Waals surface area contributed by atoms with Crippen molar-refractivity contribution in [1.82, 2.24) is 4.90 Å². The number of aliphatic hydroxyl groups excluding tert-OH is 1. The molecule has 1 aliphatic rings. The van der Waals surface area contributed by atoms with E-state index in [4.69, 9.17) is 9.47 Å². The first-order valence-electron chi connectivity index (χ1n) is 6.46. The Morgan fingerprint density at radius 1 is 1.43 bits per heavy atom. The second-order valence-corrected chi connectivity index (χ2v) is 4.91. The average molecular weight is 301 g/mol. The van der Waals surface area contributed by atoms with Crippen LogP contribution in [0.5, 0.6) is 0 Å². The highest BCUT2D eigenvalue weighted by molar-refractivity contribution is 5.94. The van der Waals surface area contributed by atoms with Crippen LogP contribution < -0.4 is 0 Å². The Morgan fingerprint density at radius 2 is 2.14 bits per heavy atom. The Morgan fingerprint density at radius 3 is 2.81 bits per heavy atom. The lowest BCUT2D eigenvalue weighted by molar-refractivity contribution is -0.135. The summed E-state index contributed by atoms with van der Waals surface area (Å²) in [5.41, 5.74) is -0.385. The average Bonchev–Trinajstić information content (AvgIpc) is 2.48. The lowest BCUT2D eigenvalue weighted by Crippen LogP contribution is -2.56. The summed E-state index contributed by atoms with van der Waals surface area (Å²) in [6, 6.07) is 1.96. The van der Waals surface area contributed by atoms with Crippen LogP contribution in [0.2, 0.25) is 0 Å². The van der Waals surface area contributed by atoms with E-state index in [2.05, 4.69) is 0 Å². The molecule has 1 fully saturated rings. The van der Waals surface area contributed by atoms with Crippen molar-refractivity contribution in [2.45, 2.75) is 18.2 Å². The third-order valence-corrected chi connectivity index (χ3v) is 3.63. The second kappa shape index (κ2) is 6.46. The Hall–Kier alpha value is -1.57. The molecule has 7 heteroatoms. The van der Waals surface area contributed by atoms with E-state index in [1.54, 1.807) is 0 Å². The molecule has 1 heterocycles. The summed E-state index contributed by atoms with van der Waals surface area (Å²) >= 11 is 0. The van der Waals surface area contributed by atoms with Crippen molar-refractivity contribution < 1.29 is 28.2 Å². The van der Waals surface area contributed by atoms with Crippen molar-refractivity contribution in [1.29, 1.82) is 0 Å². The lowest BCUT2D eigenvalue weighted by Gasteiger charge is -2.38. The summed E-state index contributed by atoms with van der Waals surface area (Å²) in [4.78, 5) is 13.4. The van der Waals surface area contributed by atoms with Crippen molar-refractivity contribution in [3.63, 3.8) is 0 Å². The minimum Gasteiger partial charge on any atom is -0.388 e. The SMILES string of the molecule is CO[C@@H]1COC[C@@H](N(C)C(=O)c2cc(F)ccc2F)[C@@H]1O. The maximum absolute atomic E-state index is 13.7. The van der Waals surface area contributed by atoms with Crippen LogP contribution in [0.1, 0.15) is 10.4 Å². The topological polar surface area (TPSA) is 59.0 Å². The van der Waals surface area contributed by atoms with Gasteiger partial charge in [0.1, 0.15) is 23.8 Å². The third kappa shape index (κ3) is 3.20. The molecule has 21 heavy (non-hydrogen) atoms. The van der Waals surface area contributed by atoms with Crippen molar-refractivity contribution in [3.8, 4) is 0 Å². The van der Waals surface area contributed by atoms with E-state index in [-0.39, 0.29) is 18.8 Å². The lowest BCUT2D eigenvalue weighted by atomic mass is 10.0. The van der Waals surface area contributed by atoms with Gasteiger partial charge in [-0.05, 0) is 18.2 Å². The first kappa shape index (κ1) is 15.8. The molecule has 1 aromatic carbocycles.